The Kier molecular flexibility index (Phi) is 5.63. The molecule has 0 spiro atoms. The molecule has 1 aromatic carbocycles. The average Bonchev–Trinajstić information content (AvgIpc) is 2.39. The molecular formula is C13H16ClNO4. The molecule has 0 aliphatic heterocycles. The molecule has 1 rings (SSSR count). The highest BCUT2D eigenvalue weighted by atomic mass is 35.5. The minimum absolute atomic E-state index is 0.0469. The van der Waals surface area contributed by atoms with Crippen molar-refractivity contribution in [3.63, 3.8) is 0 Å². The molecule has 0 heterocycles. The van der Waals surface area contributed by atoms with Crippen molar-refractivity contribution in [3.05, 3.63) is 22.7 Å². The first-order chi connectivity index (χ1) is 8.97. The van der Waals surface area contributed by atoms with E-state index in [0.717, 1.165) is 5.56 Å². The van der Waals surface area contributed by atoms with E-state index in [9.17, 15) is 9.59 Å². The molecule has 0 aromatic heterocycles. The summed E-state index contributed by atoms with van der Waals surface area (Å²) in [4.78, 5) is 22.6. The minimum atomic E-state index is -0.417. The highest BCUT2D eigenvalue weighted by Crippen LogP contribution is 2.30. The third-order valence-corrected chi connectivity index (χ3v) is 2.85. The summed E-state index contributed by atoms with van der Waals surface area (Å²) in [7, 11) is 2.81. The fourth-order valence-corrected chi connectivity index (χ4v) is 1.72. The quantitative estimate of drug-likeness (QED) is 0.845. The Morgan fingerprint density at radius 1 is 1.26 bits per heavy atom. The molecule has 5 nitrogen and oxygen atoms in total. The van der Waals surface area contributed by atoms with Crippen LogP contribution < -0.4 is 10.1 Å². The number of nitrogens with one attached hydrogen (secondary N) is 1. The number of methoxy groups -OCH3 is 2. The Morgan fingerprint density at radius 3 is 2.53 bits per heavy atom. The van der Waals surface area contributed by atoms with Crippen molar-refractivity contribution in [1.29, 1.82) is 0 Å². The van der Waals surface area contributed by atoms with Crippen LogP contribution in [0.5, 0.6) is 5.75 Å². The molecule has 0 saturated heterocycles. The summed E-state index contributed by atoms with van der Waals surface area (Å²) in [5.41, 5.74) is 1.42. The number of carbonyl (C=O) groups is 2. The molecule has 0 bridgehead atoms. The fourth-order valence-electron chi connectivity index (χ4n) is 1.48. The van der Waals surface area contributed by atoms with Crippen LogP contribution in [0.2, 0.25) is 5.02 Å². The number of carbonyl (C=O) groups excluding carboxylic acids is 2. The van der Waals surface area contributed by atoms with E-state index in [1.165, 1.54) is 14.2 Å². The highest BCUT2D eigenvalue weighted by Gasteiger charge is 2.11. The maximum Gasteiger partial charge on any atom is 0.306 e. The Labute approximate surface area is 116 Å². The number of rotatable bonds is 5. The lowest BCUT2D eigenvalue weighted by Gasteiger charge is -2.11. The van der Waals surface area contributed by atoms with Gasteiger partial charge < -0.3 is 14.8 Å². The largest absolute Gasteiger partial charge is 0.495 e. The second-order valence-corrected chi connectivity index (χ2v) is 4.33. The number of aryl methyl sites for hydroxylation is 1. The fraction of sp³-hybridized carbons (Fsp3) is 0.385. The smallest absolute Gasteiger partial charge is 0.306 e. The van der Waals surface area contributed by atoms with E-state index in [-0.39, 0.29) is 18.7 Å². The number of benzene rings is 1. The molecule has 1 aromatic rings. The molecule has 0 unspecified atom stereocenters. The summed E-state index contributed by atoms with van der Waals surface area (Å²) in [5, 5.41) is 3.11. The van der Waals surface area contributed by atoms with Gasteiger partial charge in [0.25, 0.3) is 0 Å². The number of anilines is 1. The van der Waals surface area contributed by atoms with Gasteiger partial charge in [0.1, 0.15) is 5.75 Å². The lowest BCUT2D eigenvalue weighted by atomic mass is 10.2. The zero-order chi connectivity index (χ0) is 14.4. The van der Waals surface area contributed by atoms with Crippen LogP contribution in [-0.4, -0.2) is 26.1 Å². The van der Waals surface area contributed by atoms with E-state index in [1.807, 2.05) is 6.92 Å². The van der Waals surface area contributed by atoms with Crippen molar-refractivity contribution in [2.75, 3.05) is 19.5 Å². The van der Waals surface area contributed by atoms with Crippen molar-refractivity contribution in [3.8, 4) is 5.75 Å². The second kappa shape index (κ2) is 6.99. The number of ether oxygens (including phenoxy) is 2. The van der Waals surface area contributed by atoms with E-state index < -0.39 is 5.97 Å². The van der Waals surface area contributed by atoms with Gasteiger partial charge in [0.2, 0.25) is 5.91 Å². The SMILES string of the molecule is COC(=O)CCC(=O)Nc1cc(Cl)c(OC)cc1C. The summed E-state index contributed by atoms with van der Waals surface area (Å²) in [5.74, 6) is -0.138. The van der Waals surface area contributed by atoms with Crippen molar-refractivity contribution in [1.82, 2.24) is 0 Å². The third kappa shape index (κ3) is 4.44. The van der Waals surface area contributed by atoms with Gasteiger partial charge >= 0.3 is 5.97 Å². The molecule has 6 heteroatoms. The molecule has 0 saturated carbocycles. The van der Waals surface area contributed by atoms with Crippen LogP contribution in [0.4, 0.5) is 5.69 Å². The van der Waals surface area contributed by atoms with Gasteiger partial charge in [0.05, 0.1) is 25.7 Å². The van der Waals surface area contributed by atoms with Gasteiger partial charge in [-0.2, -0.15) is 0 Å². The number of hydrogen-bond donors (Lipinski definition) is 1. The van der Waals surface area contributed by atoms with E-state index in [1.54, 1.807) is 12.1 Å². The summed E-state index contributed by atoms with van der Waals surface area (Å²) >= 11 is 5.98. The first-order valence-electron chi connectivity index (χ1n) is 5.68. The van der Waals surface area contributed by atoms with Crippen molar-refractivity contribution < 1.29 is 19.1 Å². The summed E-state index contributed by atoms with van der Waals surface area (Å²) in [6.07, 6.45) is 0.112. The van der Waals surface area contributed by atoms with Gasteiger partial charge in [-0.3, -0.25) is 9.59 Å². The van der Waals surface area contributed by atoms with E-state index >= 15 is 0 Å². The average molecular weight is 286 g/mol. The van der Waals surface area contributed by atoms with Crippen LogP contribution in [0.15, 0.2) is 12.1 Å². The minimum Gasteiger partial charge on any atom is -0.495 e. The molecule has 0 radical (unpaired) electrons. The molecule has 19 heavy (non-hydrogen) atoms. The van der Waals surface area contributed by atoms with Crippen LogP contribution in [-0.2, 0) is 14.3 Å². The normalized spacial score (nSPS) is 9.89. The Morgan fingerprint density at radius 2 is 1.95 bits per heavy atom. The third-order valence-electron chi connectivity index (χ3n) is 2.56. The highest BCUT2D eigenvalue weighted by molar-refractivity contribution is 6.32. The predicted octanol–water partition coefficient (Wildman–Crippen LogP) is 2.55. The number of hydrogen-bond acceptors (Lipinski definition) is 4. The van der Waals surface area contributed by atoms with Crippen LogP contribution in [0.3, 0.4) is 0 Å². The van der Waals surface area contributed by atoms with Gasteiger partial charge in [-0.1, -0.05) is 11.6 Å². The zero-order valence-corrected chi connectivity index (χ0v) is 11.8. The Hall–Kier alpha value is -1.75. The molecule has 1 N–H and O–H groups in total. The van der Waals surface area contributed by atoms with Gasteiger partial charge in [0, 0.05) is 12.1 Å². The number of esters is 1. The standard InChI is InChI=1S/C13H16ClNO4/c1-8-6-11(18-2)9(14)7-10(8)15-12(16)4-5-13(17)19-3/h6-7H,4-5H2,1-3H3,(H,15,16). The first kappa shape index (κ1) is 15.3. The summed E-state index contributed by atoms with van der Waals surface area (Å²) < 4.78 is 9.54. The maximum absolute atomic E-state index is 11.7. The molecule has 0 fully saturated rings. The van der Waals surface area contributed by atoms with Gasteiger partial charge in [-0.25, -0.2) is 0 Å². The van der Waals surface area contributed by atoms with Gasteiger partial charge in [-0.05, 0) is 24.6 Å². The molecular weight excluding hydrogens is 270 g/mol. The van der Waals surface area contributed by atoms with Crippen molar-refractivity contribution >= 4 is 29.2 Å². The lowest BCUT2D eigenvalue weighted by Crippen LogP contribution is -2.14. The molecule has 0 aliphatic rings. The molecule has 1 amide bonds. The monoisotopic (exact) mass is 285 g/mol. The second-order valence-electron chi connectivity index (χ2n) is 3.93. The van der Waals surface area contributed by atoms with Crippen molar-refractivity contribution in [2.24, 2.45) is 0 Å². The topological polar surface area (TPSA) is 64.6 Å². The van der Waals surface area contributed by atoms with Crippen molar-refractivity contribution in [2.45, 2.75) is 19.8 Å². The van der Waals surface area contributed by atoms with Crippen LogP contribution in [0.25, 0.3) is 0 Å². The summed E-state index contributed by atoms with van der Waals surface area (Å²) in [6.45, 7) is 1.83. The van der Waals surface area contributed by atoms with Crippen LogP contribution >= 0.6 is 11.6 Å². The number of amides is 1. The predicted molar refractivity (Wildman–Crippen MR) is 72.6 cm³/mol. The maximum atomic E-state index is 11.7. The summed E-state index contributed by atoms with van der Waals surface area (Å²) in [6, 6.07) is 3.35. The molecule has 0 atom stereocenters. The van der Waals surface area contributed by atoms with Gasteiger partial charge in [-0.15, -0.1) is 0 Å². The molecule has 104 valence electrons. The molecule has 0 aliphatic carbocycles. The van der Waals surface area contributed by atoms with Crippen LogP contribution in [0, 0.1) is 6.92 Å². The lowest BCUT2D eigenvalue weighted by molar-refractivity contribution is -0.141. The number of halogens is 1. The van der Waals surface area contributed by atoms with E-state index in [4.69, 9.17) is 16.3 Å². The van der Waals surface area contributed by atoms with E-state index in [0.29, 0.717) is 16.5 Å². The van der Waals surface area contributed by atoms with E-state index in [2.05, 4.69) is 10.1 Å². The van der Waals surface area contributed by atoms with Crippen LogP contribution in [0.1, 0.15) is 18.4 Å². The Bertz CT molecular complexity index is 488. The first-order valence-corrected chi connectivity index (χ1v) is 6.06. The van der Waals surface area contributed by atoms with Gasteiger partial charge in [0.15, 0.2) is 0 Å². The Balaban J connectivity index is 2.69. The zero-order valence-electron chi connectivity index (χ0n) is 11.1.